The number of benzene rings is 4. The number of hydrogen-bond donors (Lipinski definition) is 2. The minimum absolute atomic E-state index is 0.0478. The topological polar surface area (TPSA) is 61.3 Å². The van der Waals surface area contributed by atoms with Crippen molar-refractivity contribution in [2.24, 2.45) is 11.5 Å². The van der Waals surface area contributed by atoms with Crippen molar-refractivity contribution < 1.29 is 4.74 Å². The van der Waals surface area contributed by atoms with Crippen molar-refractivity contribution >= 4 is 0 Å². The van der Waals surface area contributed by atoms with E-state index in [1.807, 2.05) is 0 Å². The smallest absolute Gasteiger partial charge is 0.131 e. The molecule has 0 heterocycles. The lowest BCUT2D eigenvalue weighted by molar-refractivity contribution is 0.325. The molecule has 0 amide bonds. The van der Waals surface area contributed by atoms with Gasteiger partial charge in [-0.05, 0) is 104 Å². The van der Waals surface area contributed by atoms with Crippen LogP contribution in [0.4, 0.5) is 0 Å². The van der Waals surface area contributed by atoms with Crippen LogP contribution in [0.15, 0.2) is 72.8 Å². The Kier molecular flexibility index (Phi) is 8.73. The lowest BCUT2D eigenvalue weighted by Gasteiger charge is -2.44. The maximum atomic E-state index is 7.29. The molecule has 0 radical (unpaired) electrons. The van der Waals surface area contributed by atoms with Crippen LogP contribution in [-0.4, -0.2) is 0 Å². The first kappa shape index (κ1) is 33.5. The number of fused-ring (bicyclic) bond motifs is 2. The summed E-state index contributed by atoms with van der Waals surface area (Å²) in [6.07, 6.45) is 6.31. The van der Waals surface area contributed by atoms with Crippen molar-refractivity contribution in [2.45, 2.75) is 129 Å². The van der Waals surface area contributed by atoms with E-state index in [1.54, 1.807) is 0 Å². The fourth-order valence-corrected chi connectivity index (χ4v) is 8.36. The fraction of sp³-hybridized carbons (Fsp3) is 0.455. The van der Waals surface area contributed by atoms with E-state index in [4.69, 9.17) is 16.2 Å². The third-order valence-corrected chi connectivity index (χ3v) is 11.6. The average molecular weight is 629 g/mol. The normalized spacial score (nSPS) is 18.7. The van der Waals surface area contributed by atoms with Crippen LogP contribution in [0.2, 0.25) is 0 Å². The minimum Gasteiger partial charge on any atom is -0.457 e. The van der Waals surface area contributed by atoms with Gasteiger partial charge in [0.05, 0.1) is 0 Å². The molecule has 0 aliphatic heterocycles. The molecule has 0 aromatic heterocycles. The lowest BCUT2D eigenvalue weighted by atomic mass is 9.61. The fourth-order valence-electron chi connectivity index (χ4n) is 8.36. The summed E-state index contributed by atoms with van der Waals surface area (Å²) in [4.78, 5) is 0. The van der Waals surface area contributed by atoms with Crippen molar-refractivity contribution in [1.82, 2.24) is 0 Å². The number of rotatable bonds is 8. The number of hydrogen-bond acceptors (Lipinski definition) is 3. The molecule has 47 heavy (non-hydrogen) atoms. The highest BCUT2D eigenvalue weighted by atomic mass is 16.5. The quantitative estimate of drug-likeness (QED) is 0.204. The molecule has 0 saturated heterocycles. The first-order valence-corrected chi connectivity index (χ1v) is 17.7. The summed E-state index contributed by atoms with van der Waals surface area (Å²) in [6, 6.07) is 26.9. The number of nitrogens with two attached hydrogens (primary N) is 2. The number of ether oxygens (including phenoxy) is 1. The molecular formula is C44H56N2O. The van der Waals surface area contributed by atoms with Crippen LogP contribution in [0.5, 0.6) is 11.5 Å². The van der Waals surface area contributed by atoms with Gasteiger partial charge in [0.25, 0.3) is 0 Å². The first-order chi connectivity index (χ1) is 22.1. The predicted octanol–water partition coefficient (Wildman–Crippen LogP) is 10.3. The molecule has 0 saturated carbocycles. The Morgan fingerprint density at radius 2 is 0.766 bits per heavy atom. The Labute approximate surface area is 284 Å². The summed E-state index contributed by atoms with van der Waals surface area (Å²) >= 11 is 0. The zero-order valence-electron chi connectivity index (χ0n) is 30.1. The van der Waals surface area contributed by atoms with Crippen LogP contribution in [0.1, 0.15) is 137 Å². The zero-order chi connectivity index (χ0) is 33.8. The van der Waals surface area contributed by atoms with Crippen molar-refractivity contribution in [3.05, 3.63) is 128 Å². The molecule has 3 heteroatoms. The Morgan fingerprint density at radius 3 is 1.11 bits per heavy atom. The van der Waals surface area contributed by atoms with E-state index in [0.717, 1.165) is 48.3 Å². The van der Waals surface area contributed by atoms with Crippen molar-refractivity contribution in [2.75, 3.05) is 0 Å². The summed E-state index contributed by atoms with van der Waals surface area (Å²) in [7, 11) is 0. The van der Waals surface area contributed by atoms with Gasteiger partial charge >= 0.3 is 0 Å². The van der Waals surface area contributed by atoms with E-state index < -0.39 is 0 Å². The van der Waals surface area contributed by atoms with Gasteiger partial charge in [0.2, 0.25) is 0 Å². The van der Waals surface area contributed by atoms with E-state index in [0.29, 0.717) is 13.1 Å². The lowest BCUT2D eigenvalue weighted by Crippen LogP contribution is -2.35. The van der Waals surface area contributed by atoms with Crippen molar-refractivity contribution in [1.29, 1.82) is 0 Å². The second-order valence-corrected chi connectivity index (χ2v) is 17.0. The largest absolute Gasteiger partial charge is 0.457 e. The molecule has 2 aliphatic carbocycles. The Hall–Kier alpha value is -3.40. The SMILES string of the molecule is CC1(C)CCC(C)(C)c2c1ccc(Oc1ccc3c(c1Cc1ccc(CN)cc1)C(C)(C)CCC3(C)C)c2Cc1ccc(CN)cc1. The molecule has 0 atom stereocenters. The Balaban J connectivity index is 1.54. The van der Waals surface area contributed by atoms with Gasteiger partial charge in [-0.15, -0.1) is 0 Å². The molecule has 4 aromatic rings. The molecule has 6 rings (SSSR count). The van der Waals surface area contributed by atoms with E-state index >= 15 is 0 Å². The molecule has 0 spiro atoms. The summed E-state index contributed by atoms with van der Waals surface area (Å²) in [5.74, 6) is 1.95. The van der Waals surface area contributed by atoms with Crippen LogP contribution in [0, 0.1) is 0 Å². The van der Waals surface area contributed by atoms with Gasteiger partial charge in [0.15, 0.2) is 0 Å². The predicted molar refractivity (Wildman–Crippen MR) is 198 cm³/mol. The van der Waals surface area contributed by atoms with Crippen molar-refractivity contribution in [3.8, 4) is 11.5 Å². The molecule has 4 aromatic carbocycles. The molecule has 4 N–H and O–H groups in total. The molecule has 0 bridgehead atoms. The van der Waals surface area contributed by atoms with Crippen LogP contribution >= 0.6 is 0 Å². The van der Waals surface area contributed by atoms with Crippen molar-refractivity contribution in [3.63, 3.8) is 0 Å². The van der Waals surface area contributed by atoms with E-state index in [2.05, 4.69) is 128 Å². The van der Waals surface area contributed by atoms with Gasteiger partial charge in [0, 0.05) is 37.1 Å². The highest BCUT2D eigenvalue weighted by molar-refractivity contribution is 5.59. The second-order valence-electron chi connectivity index (χ2n) is 17.0. The van der Waals surface area contributed by atoms with Crippen LogP contribution in [0.25, 0.3) is 0 Å². The molecular weight excluding hydrogens is 572 g/mol. The highest BCUT2D eigenvalue weighted by Gasteiger charge is 2.41. The molecule has 0 fully saturated rings. The minimum atomic E-state index is 0.0478. The van der Waals surface area contributed by atoms with Gasteiger partial charge in [-0.3, -0.25) is 0 Å². The maximum Gasteiger partial charge on any atom is 0.131 e. The molecule has 2 aliphatic rings. The monoisotopic (exact) mass is 628 g/mol. The van der Waals surface area contributed by atoms with Gasteiger partial charge in [-0.1, -0.05) is 116 Å². The van der Waals surface area contributed by atoms with Crippen LogP contribution in [-0.2, 0) is 47.6 Å². The van der Waals surface area contributed by atoms with Gasteiger partial charge < -0.3 is 16.2 Å². The molecule has 3 nitrogen and oxygen atoms in total. The van der Waals surface area contributed by atoms with E-state index in [-0.39, 0.29) is 21.7 Å². The Bertz CT molecular complexity index is 1630. The molecule has 248 valence electrons. The van der Waals surface area contributed by atoms with Gasteiger partial charge in [-0.2, -0.15) is 0 Å². The average Bonchev–Trinajstić information content (AvgIpc) is 3.03. The Morgan fingerprint density at radius 1 is 0.447 bits per heavy atom. The summed E-state index contributed by atoms with van der Waals surface area (Å²) in [6.45, 7) is 20.4. The van der Waals surface area contributed by atoms with Gasteiger partial charge in [0.1, 0.15) is 11.5 Å². The summed E-state index contributed by atoms with van der Waals surface area (Å²) in [5, 5.41) is 0. The van der Waals surface area contributed by atoms with Crippen LogP contribution < -0.4 is 16.2 Å². The standard InChI is InChI=1S/C44H56N2O/c1-41(2)21-23-43(5,6)39-33(25-29-9-13-31(27-45)14-10-29)37(19-17-35(39)41)47-38-20-18-36-40(44(7,8)24-22-42(36,3)4)34(38)26-30-11-15-32(28-46)16-12-30/h9-20H,21-28,45-46H2,1-8H3. The second kappa shape index (κ2) is 12.2. The van der Waals surface area contributed by atoms with E-state index in [9.17, 15) is 0 Å². The summed E-state index contributed by atoms with van der Waals surface area (Å²) < 4.78 is 7.29. The third kappa shape index (κ3) is 6.42. The van der Waals surface area contributed by atoms with Crippen LogP contribution in [0.3, 0.4) is 0 Å². The highest BCUT2D eigenvalue weighted by Crippen LogP contribution is 2.52. The van der Waals surface area contributed by atoms with E-state index in [1.165, 1.54) is 57.3 Å². The third-order valence-electron chi connectivity index (χ3n) is 11.6. The first-order valence-electron chi connectivity index (χ1n) is 17.7. The maximum absolute atomic E-state index is 7.29. The van der Waals surface area contributed by atoms with Gasteiger partial charge in [-0.25, -0.2) is 0 Å². The summed E-state index contributed by atoms with van der Waals surface area (Å²) in [5.41, 5.74) is 25.6. The molecule has 0 unspecified atom stereocenters. The zero-order valence-corrected chi connectivity index (χ0v) is 30.1.